The number of fused-ring (bicyclic) bond motifs is 1. The van der Waals surface area contributed by atoms with Crippen molar-refractivity contribution in [2.45, 2.75) is 45.6 Å². The zero-order valence-corrected chi connectivity index (χ0v) is 11.6. The molecule has 4 heteroatoms. The first-order valence-electron chi connectivity index (χ1n) is 7.28. The van der Waals surface area contributed by atoms with Gasteiger partial charge in [-0.25, -0.2) is 9.97 Å². The average Bonchev–Trinajstić information content (AvgIpc) is 2.73. The number of hydrogen-bond acceptors (Lipinski definition) is 3. The summed E-state index contributed by atoms with van der Waals surface area (Å²) in [5.41, 5.74) is 8.31. The van der Waals surface area contributed by atoms with Gasteiger partial charge in [0.05, 0.1) is 0 Å². The van der Waals surface area contributed by atoms with E-state index in [1.54, 1.807) is 0 Å². The summed E-state index contributed by atoms with van der Waals surface area (Å²) < 4.78 is 2.28. The molecule has 1 fully saturated rings. The van der Waals surface area contributed by atoms with Gasteiger partial charge in [-0.2, -0.15) is 0 Å². The summed E-state index contributed by atoms with van der Waals surface area (Å²) in [7, 11) is 0. The van der Waals surface area contributed by atoms with E-state index in [0.29, 0.717) is 5.41 Å². The van der Waals surface area contributed by atoms with Crippen LogP contribution in [0.2, 0.25) is 0 Å². The van der Waals surface area contributed by atoms with E-state index < -0.39 is 0 Å². The van der Waals surface area contributed by atoms with E-state index in [9.17, 15) is 0 Å². The normalized spacial score (nSPS) is 17.6. The second kappa shape index (κ2) is 4.93. The number of aryl methyl sites for hydroxylation is 1. The Kier molecular flexibility index (Phi) is 3.27. The first kappa shape index (κ1) is 12.6. The summed E-state index contributed by atoms with van der Waals surface area (Å²) in [6.45, 7) is 3.96. The van der Waals surface area contributed by atoms with E-state index >= 15 is 0 Å². The molecule has 0 spiro atoms. The lowest BCUT2D eigenvalue weighted by molar-refractivity contribution is 0.140. The number of nitrogens with two attached hydrogens (primary N) is 1. The van der Waals surface area contributed by atoms with Crippen molar-refractivity contribution in [2.24, 2.45) is 11.1 Å². The molecule has 1 saturated carbocycles. The van der Waals surface area contributed by atoms with Crippen LogP contribution < -0.4 is 5.73 Å². The van der Waals surface area contributed by atoms with E-state index in [1.807, 2.05) is 18.3 Å². The SMILES string of the molecule is CCCn1c(CC2(CN)CCC2)nc2cccnc21. The predicted molar refractivity (Wildman–Crippen MR) is 76.9 cm³/mol. The van der Waals surface area contributed by atoms with Gasteiger partial charge in [0.15, 0.2) is 5.65 Å². The van der Waals surface area contributed by atoms with Gasteiger partial charge in [0.25, 0.3) is 0 Å². The second-order valence-corrected chi connectivity index (χ2v) is 5.76. The minimum absolute atomic E-state index is 0.298. The zero-order chi connectivity index (χ0) is 13.3. The van der Waals surface area contributed by atoms with Crippen molar-refractivity contribution in [1.29, 1.82) is 0 Å². The van der Waals surface area contributed by atoms with Crippen molar-refractivity contribution in [2.75, 3.05) is 6.54 Å². The minimum Gasteiger partial charge on any atom is -0.330 e. The summed E-state index contributed by atoms with van der Waals surface area (Å²) >= 11 is 0. The molecule has 0 aliphatic heterocycles. The average molecular weight is 258 g/mol. The standard InChI is InChI=1S/C15H22N4/c1-2-9-19-13(10-15(11-16)6-4-7-15)18-12-5-3-8-17-14(12)19/h3,5,8H,2,4,6-7,9-11,16H2,1H3. The van der Waals surface area contributed by atoms with Crippen molar-refractivity contribution in [1.82, 2.24) is 14.5 Å². The molecule has 19 heavy (non-hydrogen) atoms. The van der Waals surface area contributed by atoms with E-state index in [1.165, 1.54) is 25.1 Å². The maximum atomic E-state index is 5.98. The van der Waals surface area contributed by atoms with E-state index in [-0.39, 0.29) is 0 Å². The molecule has 2 aromatic heterocycles. The van der Waals surface area contributed by atoms with Gasteiger partial charge < -0.3 is 10.3 Å². The van der Waals surface area contributed by atoms with Gasteiger partial charge in [-0.1, -0.05) is 13.3 Å². The quantitative estimate of drug-likeness (QED) is 0.896. The fourth-order valence-corrected chi connectivity index (χ4v) is 3.06. The summed E-state index contributed by atoms with van der Waals surface area (Å²) in [5.74, 6) is 1.17. The molecule has 0 atom stereocenters. The highest BCUT2D eigenvalue weighted by Gasteiger charge is 2.37. The monoisotopic (exact) mass is 258 g/mol. The third kappa shape index (κ3) is 2.14. The summed E-state index contributed by atoms with van der Waals surface area (Å²) in [5, 5.41) is 0. The molecule has 0 amide bonds. The Labute approximate surface area is 114 Å². The van der Waals surface area contributed by atoms with Gasteiger partial charge in [0.2, 0.25) is 0 Å². The van der Waals surface area contributed by atoms with Crippen LogP contribution in [0.15, 0.2) is 18.3 Å². The number of imidazole rings is 1. The molecule has 102 valence electrons. The number of hydrogen-bond donors (Lipinski definition) is 1. The third-order valence-electron chi connectivity index (χ3n) is 4.41. The molecule has 0 bridgehead atoms. The molecule has 1 aliphatic carbocycles. The topological polar surface area (TPSA) is 56.7 Å². The highest BCUT2D eigenvalue weighted by atomic mass is 15.1. The fraction of sp³-hybridized carbons (Fsp3) is 0.600. The van der Waals surface area contributed by atoms with Crippen LogP contribution in [0.5, 0.6) is 0 Å². The largest absolute Gasteiger partial charge is 0.330 e. The Morgan fingerprint density at radius 2 is 2.26 bits per heavy atom. The van der Waals surface area contributed by atoms with Crippen LogP contribution in [0.4, 0.5) is 0 Å². The number of pyridine rings is 1. The lowest BCUT2D eigenvalue weighted by Crippen LogP contribution is -2.39. The summed E-state index contributed by atoms with van der Waals surface area (Å²) in [6, 6.07) is 4.01. The van der Waals surface area contributed by atoms with E-state index in [2.05, 4.69) is 16.5 Å². The summed E-state index contributed by atoms with van der Waals surface area (Å²) in [6.07, 6.45) is 7.74. The van der Waals surface area contributed by atoms with Crippen LogP contribution in [0.3, 0.4) is 0 Å². The van der Waals surface area contributed by atoms with Crippen LogP contribution in [-0.2, 0) is 13.0 Å². The Hall–Kier alpha value is -1.42. The summed E-state index contributed by atoms with van der Waals surface area (Å²) in [4.78, 5) is 9.28. The van der Waals surface area contributed by atoms with Gasteiger partial charge >= 0.3 is 0 Å². The van der Waals surface area contributed by atoms with Gasteiger partial charge in [-0.05, 0) is 43.4 Å². The zero-order valence-electron chi connectivity index (χ0n) is 11.6. The molecule has 0 aromatic carbocycles. The van der Waals surface area contributed by atoms with Crippen molar-refractivity contribution in [3.8, 4) is 0 Å². The van der Waals surface area contributed by atoms with Gasteiger partial charge in [0, 0.05) is 19.2 Å². The maximum absolute atomic E-state index is 5.98. The molecule has 2 heterocycles. The maximum Gasteiger partial charge on any atom is 0.159 e. The molecule has 0 unspecified atom stereocenters. The second-order valence-electron chi connectivity index (χ2n) is 5.76. The lowest BCUT2D eigenvalue weighted by atomic mass is 9.66. The first-order valence-corrected chi connectivity index (χ1v) is 7.28. The molecule has 3 rings (SSSR count). The molecule has 2 aromatic rings. The number of rotatable bonds is 5. The van der Waals surface area contributed by atoms with Crippen molar-refractivity contribution >= 4 is 11.2 Å². The van der Waals surface area contributed by atoms with E-state index in [0.717, 1.165) is 37.1 Å². The van der Waals surface area contributed by atoms with Gasteiger partial charge in [0.1, 0.15) is 11.3 Å². The Morgan fingerprint density at radius 3 is 2.89 bits per heavy atom. The van der Waals surface area contributed by atoms with E-state index in [4.69, 9.17) is 10.7 Å². The van der Waals surface area contributed by atoms with Crippen LogP contribution >= 0.6 is 0 Å². The predicted octanol–water partition coefficient (Wildman–Crippen LogP) is 2.51. The molecule has 2 N–H and O–H groups in total. The Balaban J connectivity index is 1.99. The third-order valence-corrected chi connectivity index (χ3v) is 4.41. The molecule has 1 aliphatic rings. The highest BCUT2D eigenvalue weighted by molar-refractivity contribution is 5.71. The van der Waals surface area contributed by atoms with Crippen molar-refractivity contribution < 1.29 is 0 Å². The van der Waals surface area contributed by atoms with Crippen LogP contribution in [0.25, 0.3) is 11.2 Å². The van der Waals surface area contributed by atoms with Gasteiger partial charge in [-0.3, -0.25) is 0 Å². The van der Waals surface area contributed by atoms with Gasteiger partial charge in [-0.15, -0.1) is 0 Å². The van der Waals surface area contributed by atoms with Crippen LogP contribution in [0, 0.1) is 5.41 Å². The van der Waals surface area contributed by atoms with Crippen molar-refractivity contribution in [3.63, 3.8) is 0 Å². The Bertz CT molecular complexity index is 563. The molecular formula is C15H22N4. The molecule has 0 saturated heterocycles. The van der Waals surface area contributed by atoms with Crippen molar-refractivity contribution in [3.05, 3.63) is 24.2 Å². The number of aromatic nitrogens is 3. The minimum atomic E-state index is 0.298. The van der Waals surface area contributed by atoms with Crippen LogP contribution in [-0.4, -0.2) is 21.1 Å². The molecule has 4 nitrogen and oxygen atoms in total. The Morgan fingerprint density at radius 1 is 1.42 bits per heavy atom. The molecule has 0 radical (unpaired) electrons. The highest BCUT2D eigenvalue weighted by Crippen LogP contribution is 2.42. The van der Waals surface area contributed by atoms with Crippen LogP contribution in [0.1, 0.15) is 38.4 Å². The lowest BCUT2D eigenvalue weighted by Gasteiger charge is -2.40. The first-order chi connectivity index (χ1) is 9.28. The number of nitrogens with zero attached hydrogens (tertiary/aromatic N) is 3. The smallest absolute Gasteiger partial charge is 0.159 e. The fourth-order valence-electron chi connectivity index (χ4n) is 3.06. The molecular weight excluding hydrogens is 236 g/mol.